The van der Waals surface area contributed by atoms with E-state index in [2.05, 4.69) is 5.10 Å². The molecule has 1 fully saturated rings. The van der Waals surface area contributed by atoms with Crippen LogP contribution in [0.15, 0.2) is 35.3 Å². The third kappa shape index (κ3) is 2.68. The number of hydrogen-bond donors (Lipinski definition) is 0. The molecule has 3 rings (SSSR count). The Morgan fingerprint density at radius 2 is 2.10 bits per heavy atom. The fourth-order valence-corrected chi connectivity index (χ4v) is 2.72. The van der Waals surface area contributed by atoms with Crippen molar-refractivity contribution in [2.45, 2.75) is 45.3 Å². The van der Waals surface area contributed by atoms with Crippen LogP contribution in [0.5, 0.6) is 0 Å². The van der Waals surface area contributed by atoms with Gasteiger partial charge in [-0.3, -0.25) is 9.59 Å². The zero-order chi connectivity index (χ0) is 15.0. The van der Waals surface area contributed by atoms with Gasteiger partial charge in [0.25, 0.3) is 5.56 Å². The summed E-state index contributed by atoms with van der Waals surface area (Å²) in [5.74, 6) is -0.0302. The summed E-state index contributed by atoms with van der Waals surface area (Å²) in [6.45, 7) is 4.03. The van der Waals surface area contributed by atoms with Crippen LogP contribution in [0.4, 0.5) is 0 Å². The van der Waals surface area contributed by atoms with Crippen LogP contribution >= 0.6 is 0 Å². The molecule has 1 amide bonds. The summed E-state index contributed by atoms with van der Waals surface area (Å²) in [4.78, 5) is 26.7. The molecular weight excluding hydrogens is 266 g/mol. The van der Waals surface area contributed by atoms with Crippen molar-refractivity contribution in [1.29, 1.82) is 0 Å². The number of aromatic nitrogens is 2. The molecule has 0 atom stereocenters. The van der Waals surface area contributed by atoms with Gasteiger partial charge in [0.2, 0.25) is 5.91 Å². The first-order valence-corrected chi connectivity index (χ1v) is 7.34. The Labute approximate surface area is 123 Å². The molecule has 1 aromatic heterocycles. The first-order chi connectivity index (χ1) is 10.1. The molecule has 21 heavy (non-hydrogen) atoms. The van der Waals surface area contributed by atoms with Crippen molar-refractivity contribution in [3.8, 4) is 0 Å². The molecule has 110 valence electrons. The molecule has 0 bridgehead atoms. The van der Waals surface area contributed by atoms with Crippen molar-refractivity contribution in [3.63, 3.8) is 0 Å². The van der Waals surface area contributed by atoms with Crippen molar-refractivity contribution >= 4 is 16.7 Å². The van der Waals surface area contributed by atoms with Crippen LogP contribution < -0.4 is 5.56 Å². The smallest absolute Gasteiger partial charge is 0.275 e. The Morgan fingerprint density at radius 1 is 1.38 bits per heavy atom. The molecule has 5 nitrogen and oxygen atoms in total. The van der Waals surface area contributed by atoms with Crippen molar-refractivity contribution in [3.05, 3.63) is 40.8 Å². The number of carbonyl (C=O) groups is 1. The van der Waals surface area contributed by atoms with Gasteiger partial charge >= 0.3 is 0 Å². The van der Waals surface area contributed by atoms with Crippen LogP contribution in [0, 0.1) is 0 Å². The summed E-state index contributed by atoms with van der Waals surface area (Å²) in [6, 6.07) is 7.80. The standard InChI is InChI=1S/C16H19N3O2/c1-11(2)19(13-7-8-13)15(20)10-18-16(21)14-6-4-3-5-12(14)9-17-18/h3-6,9,11,13H,7-8,10H2,1-2H3. The Hall–Kier alpha value is -2.17. The van der Waals surface area contributed by atoms with Crippen molar-refractivity contribution in [1.82, 2.24) is 14.7 Å². The molecule has 0 saturated heterocycles. The highest BCUT2D eigenvalue weighted by Crippen LogP contribution is 2.28. The van der Waals surface area contributed by atoms with Gasteiger partial charge in [-0.25, -0.2) is 4.68 Å². The van der Waals surface area contributed by atoms with E-state index in [1.807, 2.05) is 36.9 Å². The molecule has 0 spiro atoms. The fraction of sp³-hybridized carbons (Fsp3) is 0.438. The van der Waals surface area contributed by atoms with Gasteiger partial charge in [-0.15, -0.1) is 0 Å². The fourth-order valence-electron chi connectivity index (χ4n) is 2.72. The first kappa shape index (κ1) is 13.8. The molecule has 0 aliphatic heterocycles. The van der Waals surface area contributed by atoms with Crippen molar-refractivity contribution in [2.24, 2.45) is 0 Å². The van der Waals surface area contributed by atoms with Crippen LogP contribution in [0.25, 0.3) is 10.8 Å². The minimum absolute atomic E-state index is 0.0122. The lowest BCUT2D eigenvalue weighted by molar-refractivity contribution is -0.134. The van der Waals surface area contributed by atoms with Gasteiger partial charge < -0.3 is 4.90 Å². The highest BCUT2D eigenvalue weighted by atomic mass is 16.2. The minimum atomic E-state index is -0.207. The largest absolute Gasteiger partial charge is 0.336 e. The van der Waals surface area contributed by atoms with Crippen LogP contribution in [-0.2, 0) is 11.3 Å². The summed E-state index contributed by atoms with van der Waals surface area (Å²) >= 11 is 0. The Morgan fingerprint density at radius 3 is 2.76 bits per heavy atom. The van der Waals surface area contributed by atoms with Crippen LogP contribution in [0.1, 0.15) is 26.7 Å². The van der Waals surface area contributed by atoms with Crippen LogP contribution in [0.2, 0.25) is 0 Å². The molecule has 1 heterocycles. The summed E-state index contributed by atoms with van der Waals surface area (Å²) in [7, 11) is 0. The zero-order valence-electron chi connectivity index (χ0n) is 12.3. The average Bonchev–Trinajstić information content (AvgIpc) is 3.26. The van der Waals surface area contributed by atoms with Crippen LogP contribution in [-0.4, -0.2) is 32.7 Å². The third-order valence-corrected chi connectivity index (χ3v) is 3.83. The summed E-state index contributed by atoms with van der Waals surface area (Å²) < 4.78 is 1.27. The maximum atomic E-state index is 12.5. The maximum absolute atomic E-state index is 12.5. The molecule has 0 N–H and O–H groups in total. The number of hydrogen-bond acceptors (Lipinski definition) is 3. The molecule has 1 aliphatic carbocycles. The quantitative estimate of drug-likeness (QED) is 0.860. The van der Waals surface area contributed by atoms with E-state index in [0.29, 0.717) is 11.4 Å². The minimum Gasteiger partial charge on any atom is -0.336 e. The van der Waals surface area contributed by atoms with Gasteiger partial charge in [0.05, 0.1) is 11.6 Å². The number of fused-ring (bicyclic) bond motifs is 1. The van der Waals surface area contributed by atoms with Crippen molar-refractivity contribution in [2.75, 3.05) is 0 Å². The number of nitrogens with zero attached hydrogens (tertiary/aromatic N) is 3. The van der Waals surface area contributed by atoms with Gasteiger partial charge in [0, 0.05) is 17.5 Å². The first-order valence-electron chi connectivity index (χ1n) is 7.34. The van der Waals surface area contributed by atoms with Gasteiger partial charge in [-0.2, -0.15) is 5.10 Å². The second kappa shape index (κ2) is 5.31. The second-order valence-electron chi connectivity index (χ2n) is 5.82. The Kier molecular flexibility index (Phi) is 3.49. The lowest BCUT2D eigenvalue weighted by Gasteiger charge is -2.26. The molecule has 1 saturated carbocycles. The van der Waals surface area contributed by atoms with Gasteiger partial charge in [0.1, 0.15) is 6.54 Å². The second-order valence-corrected chi connectivity index (χ2v) is 5.82. The summed E-state index contributed by atoms with van der Waals surface area (Å²) in [6.07, 6.45) is 3.76. The maximum Gasteiger partial charge on any atom is 0.275 e. The number of rotatable bonds is 4. The van der Waals surface area contributed by atoms with E-state index < -0.39 is 0 Å². The summed E-state index contributed by atoms with van der Waals surface area (Å²) in [5.41, 5.74) is -0.207. The van der Waals surface area contributed by atoms with E-state index in [1.54, 1.807) is 12.3 Å². The molecule has 2 aromatic rings. The SMILES string of the molecule is CC(C)N(C(=O)Cn1ncc2ccccc2c1=O)C1CC1. The van der Waals surface area contributed by atoms with Crippen LogP contribution in [0.3, 0.4) is 0 Å². The van der Waals surface area contributed by atoms with Gasteiger partial charge in [0.15, 0.2) is 0 Å². The number of benzene rings is 1. The summed E-state index contributed by atoms with van der Waals surface area (Å²) in [5, 5.41) is 5.52. The van der Waals surface area contributed by atoms with E-state index in [4.69, 9.17) is 0 Å². The Bertz CT molecular complexity index is 730. The van der Waals surface area contributed by atoms with Crippen molar-refractivity contribution < 1.29 is 4.79 Å². The number of carbonyl (C=O) groups excluding carboxylic acids is 1. The van der Waals surface area contributed by atoms with Gasteiger partial charge in [-0.1, -0.05) is 18.2 Å². The molecule has 1 aliphatic rings. The predicted octanol–water partition coefficient (Wildman–Crippen LogP) is 1.80. The molecular formula is C16H19N3O2. The average molecular weight is 285 g/mol. The molecule has 0 radical (unpaired) electrons. The molecule has 5 heteroatoms. The Balaban J connectivity index is 1.89. The predicted molar refractivity (Wildman–Crippen MR) is 81.0 cm³/mol. The van der Waals surface area contributed by atoms with E-state index >= 15 is 0 Å². The normalized spacial score (nSPS) is 14.6. The van der Waals surface area contributed by atoms with Gasteiger partial charge in [-0.05, 0) is 32.8 Å². The highest BCUT2D eigenvalue weighted by Gasteiger charge is 2.34. The molecule has 0 unspecified atom stereocenters. The third-order valence-electron chi connectivity index (χ3n) is 3.83. The monoisotopic (exact) mass is 285 g/mol. The zero-order valence-corrected chi connectivity index (χ0v) is 12.3. The molecule has 1 aromatic carbocycles. The lowest BCUT2D eigenvalue weighted by atomic mass is 10.2. The lowest BCUT2D eigenvalue weighted by Crippen LogP contribution is -2.42. The van der Waals surface area contributed by atoms with E-state index in [1.165, 1.54) is 4.68 Å². The topological polar surface area (TPSA) is 55.2 Å². The van der Waals surface area contributed by atoms with E-state index in [9.17, 15) is 9.59 Å². The highest BCUT2D eigenvalue weighted by molar-refractivity contribution is 5.81. The number of amides is 1. The van der Waals surface area contributed by atoms with E-state index in [0.717, 1.165) is 18.2 Å². The van der Waals surface area contributed by atoms with E-state index in [-0.39, 0.29) is 24.1 Å².